The molecule has 2 rings (SSSR count). The number of carbonyl (C=O) groups excluding carboxylic acids is 1. The van der Waals surface area contributed by atoms with E-state index >= 15 is 0 Å². The Morgan fingerprint density at radius 1 is 1.45 bits per heavy atom. The van der Waals surface area contributed by atoms with Gasteiger partial charge in [-0.3, -0.25) is 4.79 Å². The normalized spacial score (nSPS) is 18.3. The maximum absolute atomic E-state index is 12.3. The van der Waals surface area contributed by atoms with Crippen LogP contribution in [0.25, 0.3) is 0 Å². The van der Waals surface area contributed by atoms with E-state index in [1.54, 1.807) is 25.1 Å². The number of alkyl halides is 3. The van der Waals surface area contributed by atoms with Crippen molar-refractivity contribution in [1.29, 1.82) is 0 Å². The summed E-state index contributed by atoms with van der Waals surface area (Å²) in [5.74, 6) is -0.0143. The summed E-state index contributed by atoms with van der Waals surface area (Å²) < 4.78 is 41.7. The van der Waals surface area contributed by atoms with Crippen LogP contribution in [0.15, 0.2) is 18.2 Å². The molecule has 1 fully saturated rings. The Hall–Kier alpha value is -1.76. The number of benzene rings is 1. The summed E-state index contributed by atoms with van der Waals surface area (Å²) in [6.45, 7) is 2.03. The van der Waals surface area contributed by atoms with Crippen LogP contribution in [0, 0.1) is 12.8 Å². The Kier molecular flexibility index (Phi) is 5.28. The van der Waals surface area contributed by atoms with Gasteiger partial charge in [-0.15, -0.1) is 0 Å². The highest BCUT2D eigenvalue weighted by Crippen LogP contribution is 2.24. The van der Waals surface area contributed by atoms with Gasteiger partial charge in [0.25, 0.3) is 0 Å². The van der Waals surface area contributed by atoms with E-state index in [0.29, 0.717) is 12.1 Å². The third-order valence-corrected chi connectivity index (χ3v) is 3.50. The molecule has 1 unspecified atom stereocenters. The van der Waals surface area contributed by atoms with E-state index in [1.807, 2.05) is 0 Å². The first kappa shape index (κ1) is 16.6. The van der Waals surface area contributed by atoms with Crippen molar-refractivity contribution in [2.24, 2.45) is 5.92 Å². The van der Waals surface area contributed by atoms with Gasteiger partial charge in [0.2, 0.25) is 5.91 Å². The Balaban J connectivity index is 1.98. The van der Waals surface area contributed by atoms with Crippen LogP contribution in [0.5, 0.6) is 5.75 Å². The van der Waals surface area contributed by atoms with Crippen molar-refractivity contribution in [3.63, 3.8) is 0 Å². The van der Waals surface area contributed by atoms with Gasteiger partial charge in [-0.1, -0.05) is 12.1 Å². The highest BCUT2D eigenvalue weighted by atomic mass is 19.4. The molecule has 1 aliphatic rings. The first-order valence-electron chi connectivity index (χ1n) is 7.12. The molecule has 1 atom stereocenters. The summed E-state index contributed by atoms with van der Waals surface area (Å²) in [5, 5.41) is 5.85. The zero-order valence-electron chi connectivity index (χ0n) is 12.3. The van der Waals surface area contributed by atoms with Crippen LogP contribution >= 0.6 is 0 Å². The molecule has 1 aliphatic heterocycles. The zero-order valence-corrected chi connectivity index (χ0v) is 12.3. The van der Waals surface area contributed by atoms with Crippen molar-refractivity contribution in [3.8, 4) is 5.75 Å². The minimum absolute atomic E-state index is 0.0787. The van der Waals surface area contributed by atoms with E-state index in [2.05, 4.69) is 10.6 Å². The first-order valence-corrected chi connectivity index (χ1v) is 7.12. The van der Waals surface area contributed by atoms with Crippen molar-refractivity contribution in [3.05, 3.63) is 29.3 Å². The highest BCUT2D eigenvalue weighted by molar-refractivity contribution is 5.79. The molecule has 0 aromatic heterocycles. The molecule has 1 saturated heterocycles. The second-order valence-corrected chi connectivity index (χ2v) is 5.42. The lowest BCUT2D eigenvalue weighted by atomic mass is 10.1. The summed E-state index contributed by atoms with van der Waals surface area (Å²) in [4.78, 5) is 11.9. The van der Waals surface area contributed by atoms with Crippen molar-refractivity contribution in [2.45, 2.75) is 26.1 Å². The van der Waals surface area contributed by atoms with E-state index in [1.165, 1.54) is 0 Å². The monoisotopic (exact) mass is 316 g/mol. The average molecular weight is 316 g/mol. The van der Waals surface area contributed by atoms with Crippen LogP contribution in [0.3, 0.4) is 0 Å². The molecule has 1 heterocycles. The predicted octanol–water partition coefficient (Wildman–Crippen LogP) is 2.16. The number of carbonyl (C=O) groups is 1. The van der Waals surface area contributed by atoms with Gasteiger partial charge in [0.1, 0.15) is 5.75 Å². The van der Waals surface area contributed by atoms with Gasteiger partial charge < -0.3 is 15.4 Å². The fraction of sp³-hybridized carbons (Fsp3) is 0.533. The molecule has 1 aromatic carbocycles. The molecule has 22 heavy (non-hydrogen) atoms. The van der Waals surface area contributed by atoms with Crippen LogP contribution in [0.2, 0.25) is 0 Å². The first-order chi connectivity index (χ1) is 10.3. The third kappa shape index (κ3) is 4.91. The van der Waals surface area contributed by atoms with Gasteiger partial charge in [-0.05, 0) is 31.5 Å². The molecule has 0 bridgehead atoms. The SMILES string of the molecule is Cc1ccc(CNC(=O)C2CCNC2)c(OCC(F)(F)F)c1. The summed E-state index contributed by atoms with van der Waals surface area (Å²) in [7, 11) is 0. The van der Waals surface area contributed by atoms with E-state index in [0.717, 1.165) is 18.5 Å². The Morgan fingerprint density at radius 2 is 2.23 bits per heavy atom. The van der Waals surface area contributed by atoms with Crippen molar-refractivity contribution < 1.29 is 22.7 Å². The predicted molar refractivity (Wildman–Crippen MR) is 75.6 cm³/mol. The summed E-state index contributed by atoms with van der Waals surface area (Å²) in [6.07, 6.45) is -3.61. The second kappa shape index (κ2) is 7.00. The molecule has 2 N–H and O–H groups in total. The lowest BCUT2D eigenvalue weighted by molar-refractivity contribution is -0.153. The molecule has 0 radical (unpaired) electrons. The average Bonchev–Trinajstić information content (AvgIpc) is 2.97. The number of amides is 1. The van der Waals surface area contributed by atoms with E-state index < -0.39 is 12.8 Å². The maximum atomic E-state index is 12.3. The fourth-order valence-electron chi connectivity index (χ4n) is 2.31. The number of rotatable bonds is 5. The largest absolute Gasteiger partial charge is 0.484 e. The number of ether oxygens (including phenoxy) is 1. The zero-order chi connectivity index (χ0) is 16.2. The quantitative estimate of drug-likeness (QED) is 0.875. The highest BCUT2D eigenvalue weighted by Gasteiger charge is 2.29. The van der Waals surface area contributed by atoms with Gasteiger partial charge in [0.05, 0.1) is 5.92 Å². The molecular weight excluding hydrogens is 297 g/mol. The van der Waals surface area contributed by atoms with Crippen molar-refractivity contribution in [1.82, 2.24) is 10.6 Å². The van der Waals surface area contributed by atoms with Gasteiger partial charge >= 0.3 is 6.18 Å². The molecule has 4 nitrogen and oxygen atoms in total. The van der Waals surface area contributed by atoms with Crippen LogP contribution in [0.4, 0.5) is 13.2 Å². The lowest BCUT2D eigenvalue weighted by Crippen LogP contribution is -2.31. The van der Waals surface area contributed by atoms with E-state index in [9.17, 15) is 18.0 Å². The number of hydrogen-bond acceptors (Lipinski definition) is 3. The van der Waals surface area contributed by atoms with Gasteiger partial charge in [-0.25, -0.2) is 0 Å². The third-order valence-electron chi connectivity index (χ3n) is 3.50. The molecular formula is C15H19F3N2O2. The second-order valence-electron chi connectivity index (χ2n) is 5.42. The molecule has 1 amide bonds. The molecule has 0 saturated carbocycles. The molecule has 122 valence electrons. The summed E-state index contributed by atoms with van der Waals surface area (Å²) in [5.41, 5.74) is 1.33. The standard InChI is InChI=1S/C15H19F3N2O2/c1-10-2-3-11(13(6-10)22-9-15(16,17)18)8-20-14(21)12-4-5-19-7-12/h2-3,6,12,19H,4-5,7-9H2,1H3,(H,20,21). The van der Waals surface area contributed by atoms with Crippen LogP contribution < -0.4 is 15.4 Å². The van der Waals surface area contributed by atoms with Crippen molar-refractivity contribution in [2.75, 3.05) is 19.7 Å². The molecule has 7 heteroatoms. The minimum atomic E-state index is -4.39. The Bertz CT molecular complexity index is 526. The number of nitrogens with one attached hydrogen (secondary N) is 2. The summed E-state index contributed by atoms with van der Waals surface area (Å²) in [6, 6.07) is 5.00. The lowest BCUT2D eigenvalue weighted by Gasteiger charge is -2.15. The van der Waals surface area contributed by atoms with Gasteiger partial charge in [-0.2, -0.15) is 13.2 Å². The van der Waals surface area contributed by atoms with E-state index in [-0.39, 0.29) is 24.1 Å². The Labute approximate surface area is 127 Å². The smallest absolute Gasteiger partial charge is 0.422 e. The van der Waals surface area contributed by atoms with Crippen molar-refractivity contribution >= 4 is 5.91 Å². The van der Waals surface area contributed by atoms with Crippen LogP contribution in [0.1, 0.15) is 17.5 Å². The van der Waals surface area contributed by atoms with E-state index in [4.69, 9.17) is 4.74 Å². The van der Waals surface area contributed by atoms with Gasteiger partial charge in [0.15, 0.2) is 6.61 Å². The van der Waals surface area contributed by atoms with Crippen LogP contribution in [-0.2, 0) is 11.3 Å². The fourth-order valence-corrected chi connectivity index (χ4v) is 2.31. The number of aryl methyl sites for hydroxylation is 1. The van der Waals surface area contributed by atoms with Crippen LogP contribution in [-0.4, -0.2) is 31.8 Å². The van der Waals surface area contributed by atoms with Gasteiger partial charge in [0, 0.05) is 18.7 Å². The molecule has 0 aliphatic carbocycles. The number of halogens is 3. The maximum Gasteiger partial charge on any atom is 0.422 e. The molecule has 0 spiro atoms. The Morgan fingerprint density at radius 3 is 2.86 bits per heavy atom. The number of hydrogen-bond donors (Lipinski definition) is 2. The topological polar surface area (TPSA) is 50.4 Å². The minimum Gasteiger partial charge on any atom is -0.484 e. The molecule has 1 aromatic rings. The summed E-state index contributed by atoms with van der Waals surface area (Å²) >= 11 is 0.